The topological polar surface area (TPSA) is 80.2 Å². The first-order valence-corrected chi connectivity index (χ1v) is 7.45. The molecule has 1 rings (SSSR count). The van der Waals surface area contributed by atoms with Gasteiger partial charge in [-0.1, -0.05) is 13.0 Å². The molecule has 6 nitrogen and oxygen atoms in total. The van der Waals surface area contributed by atoms with Crippen molar-refractivity contribution in [1.82, 2.24) is 5.32 Å². The van der Waals surface area contributed by atoms with Gasteiger partial charge < -0.3 is 29.7 Å². The van der Waals surface area contributed by atoms with Gasteiger partial charge in [-0.2, -0.15) is 0 Å². The lowest BCUT2D eigenvalue weighted by Crippen LogP contribution is -2.39. The third kappa shape index (κ3) is 6.19. The van der Waals surface area contributed by atoms with Crippen LogP contribution in [-0.2, 0) is 11.3 Å². The van der Waals surface area contributed by atoms with E-state index in [2.05, 4.69) is 5.32 Å². The van der Waals surface area contributed by atoms with Crippen molar-refractivity contribution in [3.8, 4) is 11.5 Å². The summed E-state index contributed by atoms with van der Waals surface area (Å²) in [7, 11) is 3.18. The third-order valence-corrected chi connectivity index (χ3v) is 3.38. The maximum Gasteiger partial charge on any atom is 0.161 e. The molecule has 1 aromatic rings. The Morgan fingerprint density at radius 3 is 2.50 bits per heavy atom. The van der Waals surface area contributed by atoms with Gasteiger partial charge in [0.05, 0.1) is 40.1 Å². The van der Waals surface area contributed by atoms with Crippen molar-refractivity contribution >= 4 is 0 Å². The summed E-state index contributed by atoms with van der Waals surface area (Å²) in [5.41, 5.74) is 0.944. The third-order valence-electron chi connectivity index (χ3n) is 3.38. The van der Waals surface area contributed by atoms with Crippen molar-refractivity contribution in [2.75, 3.05) is 34.0 Å². The molecule has 0 unspecified atom stereocenters. The number of nitrogens with one attached hydrogen (secondary N) is 1. The van der Waals surface area contributed by atoms with Crippen molar-refractivity contribution in [2.45, 2.75) is 32.1 Å². The molecule has 1 aromatic carbocycles. The minimum atomic E-state index is -0.610. The van der Waals surface area contributed by atoms with Crippen LogP contribution >= 0.6 is 0 Å². The van der Waals surface area contributed by atoms with E-state index >= 15 is 0 Å². The first-order valence-electron chi connectivity index (χ1n) is 7.45. The zero-order valence-electron chi connectivity index (χ0n) is 13.5. The fourth-order valence-corrected chi connectivity index (χ4v) is 1.98. The van der Waals surface area contributed by atoms with Crippen LogP contribution < -0.4 is 14.8 Å². The van der Waals surface area contributed by atoms with Crippen molar-refractivity contribution in [3.63, 3.8) is 0 Å². The maximum atomic E-state index is 9.84. The molecular weight excluding hydrogens is 286 g/mol. The highest BCUT2D eigenvalue weighted by atomic mass is 16.5. The van der Waals surface area contributed by atoms with Gasteiger partial charge in [-0.05, 0) is 24.1 Å². The molecule has 0 saturated carbocycles. The summed E-state index contributed by atoms with van der Waals surface area (Å²) in [6.07, 6.45) is 0.205. The van der Waals surface area contributed by atoms with E-state index in [1.807, 2.05) is 25.1 Å². The zero-order chi connectivity index (χ0) is 16.4. The van der Waals surface area contributed by atoms with E-state index in [-0.39, 0.29) is 19.3 Å². The molecule has 0 radical (unpaired) electrons. The molecular formula is C16H27NO5. The fraction of sp³-hybridized carbons (Fsp3) is 0.625. The van der Waals surface area contributed by atoms with Crippen molar-refractivity contribution < 1.29 is 24.4 Å². The molecule has 0 fully saturated rings. The maximum absolute atomic E-state index is 9.84. The van der Waals surface area contributed by atoms with E-state index in [0.29, 0.717) is 24.7 Å². The number of benzene rings is 1. The summed E-state index contributed by atoms with van der Waals surface area (Å²) in [6, 6.07) is 5.58. The molecule has 0 aliphatic carbocycles. The Hall–Kier alpha value is -1.34. The lowest BCUT2D eigenvalue weighted by molar-refractivity contribution is 0.0264. The summed E-state index contributed by atoms with van der Waals surface area (Å²) in [4.78, 5) is 0. The normalized spacial score (nSPS) is 13.7. The number of ether oxygens (including phenoxy) is 3. The smallest absolute Gasteiger partial charge is 0.161 e. The fourth-order valence-electron chi connectivity index (χ4n) is 1.98. The summed E-state index contributed by atoms with van der Waals surface area (Å²) in [5, 5.41) is 22.0. The van der Waals surface area contributed by atoms with Gasteiger partial charge in [0.15, 0.2) is 11.5 Å². The second-order valence-electron chi connectivity index (χ2n) is 5.05. The van der Waals surface area contributed by atoms with Crippen LogP contribution in [0.1, 0.15) is 18.9 Å². The van der Waals surface area contributed by atoms with E-state index in [1.165, 1.54) is 0 Å². The monoisotopic (exact) mass is 313 g/mol. The second-order valence-corrected chi connectivity index (χ2v) is 5.05. The van der Waals surface area contributed by atoms with Gasteiger partial charge in [0, 0.05) is 12.6 Å². The quantitative estimate of drug-likeness (QED) is 0.564. The molecule has 22 heavy (non-hydrogen) atoms. The number of aliphatic hydroxyl groups excluding tert-OH is 2. The highest BCUT2D eigenvalue weighted by molar-refractivity contribution is 5.42. The highest BCUT2D eigenvalue weighted by Crippen LogP contribution is 2.27. The number of methoxy groups -OCH3 is 2. The summed E-state index contributed by atoms with van der Waals surface area (Å²) in [6.45, 7) is 3.05. The Labute approximate surface area is 132 Å². The van der Waals surface area contributed by atoms with Crippen molar-refractivity contribution in [2.24, 2.45) is 0 Å². The molecule has 126 valence electrons. The van der Waals surface area contributed by atoms with Gasteiger partial charge in [0.1, 0.15) is 0 Å². The summed E-state index contributed by atoms with van der Waals surface area (Å²) >= 11 is 0. The second kappa shape index (κ2) is 10.4. The Balaban J connectivity index is 2.34. The molecule has 0 saturated heterocycles. The minimum Gasteiger partial charge on any atom is -0.493 e. The van der Waals surface area contributed by atoms with Crippen molar-refractivity contribution in [1.29, 1.82) is 0 Å². The van der Waals surface area contributed by atoms with Gasteiger partial charge in [-0.3, -0.25) is 0 Å². The minimum absolute atomic E-state index is 0.0144. The molecule has 0 spiro atoms. The standard InChI is InChI=1S/C16H27NO5/c1-4-13(9-18)17-8-14(19)11-22-10-12-5-6-15(20-2)16(7-12)21-3/h5-7,13-14,17-19H,4,8-11H2,1-3H3/t13-,14-/m1/s1. The first-order chi connectivity index (χ1) is 10.6. The van der Waals surface area contributed by atoms with Crippen LogP contribution in [0, 0.1) is 0 Å². The van der Waals surface area contributed by atoms with Gasteiger partial charge in [-0.15, -0.1) is 0 Å². The Morgan fingerprint density at radius 1 is 1.18 bits per heavy atom. The van der Waals surface area contributed by atoms with Crippen LogP contribution in [0.4, 0.5) is 0 Å². The van der Waals surface area contributed by atoms with E-state index in [1.54, 1.807) is 14.2 Å². The molecule has 0 heterocycles. The Morgan fingerprint density at radius 2 is 1.91 bits per heavy atom. The summed E-state index contributed by atoms with van der Waals surface area (Å²) in [5.74, 6) is 1.32. The highest BCUT2D eigenvalue weighted by Gasteiger charge is 2.09. The Bertz CT molecular complexity index is 423. The van der Waals surface area contributed by atoms with Crippen LogP contribution in [0.25, 0.3) is 0 Å². The van der Waals surface area contributed by atoms with E-state index in [9.17, 15) is 5.11 Å². The van der Waals surface area contributed by atoms with E-state index in [0.717, 1.165) is 12.0 Å². The number of hydrogen-bond acceptors (Lipinski definition) is 6. The van der Waals surface area contributed by atoms with Crippen LogP contribution in [0.5, 0.6) is 11.5 Å². The SMILES string of the molecule is CC[C@H](CO)NC[C@@H](O)COCc1ccc(OC)c(OC)c1. The van der Waals surface area contributed by atoms with Gasteiger partial charge >= 0.3 is 0 Å². The largest absolute Gasteiger partial charge is 0.493 e. The average molecular weight is 313 g/mol. The molecule has 0 aromatic heterocycles. The van der Waals surface area contributed by atoms with Gasteiger partial charge in [0.2, 0.25) is 0 Å². The molecule has 2 atom stereocenters. The molecule has 3 N–H and O–H groups in total. The van der Waals surface area contributed by atoms with E-state index in [4.69, 9.17) is 19.3 Å². The lowest BCUT2D eigenvalue weighted by atomic mass is 10.2. The van der Waals surface area contributed by atoms with E-state index < -0.39 is 6.10 Å². The predicted molar refractivity (Wildman–Crippen MR) is 84.4 cm³/mol. The van der Waals surface area contributed by atoms with Gasteiger partial charge in [0.25, 0.3) is 0 Å². The molecule has 0 bridgehead atoms. The number of aliphatic hydroxyl groups is 2. The molecule has 0 amide bonds. The number of hydrogen-bond donors (Lipinski definition) is 3. The van der Waals surface area contributed by atoms with Crippen LogP contribution in [-0.4, -0.2) is 56.3 Å². The lowest BCUT2D eigenvalue weighted by Gasteiger charge is -2.17. The van der Waals surface area contributed by atoms with Crippen LogP contribution in [0.15, 0.2) is 18.2 Å². The number of rotatable bonds is 11. The first kappa shape index (κ1) is 18.7. The van der Waals surface area contributed by atoms with Crippen LogP contribution in [0.2, 0.25) is 0 Å². The molecule has 0 aliphatic heterocycles. The summed E-state index contributed by atoms with van der Waals surface area (Å²) < 4.78 is 15.9. The van der Waals surface area contributed by atoms with Crippen molar-refractivity contribution in [3.05, 3.63) is 23.8 Å². The van der Waals surface area contributed by atoms with Crippen LogP contribution in [0.3, 0.4) is 0 Å². The molecule has 0 aliphatic rings. The average Bonchev–Trinajstić information content (AvgIpc) is 2.55. The molecule has 6 heteroatoms. The Kier molecular flexibility index (Phi) is 8.84. The zero-order valence-corrected chi connectivity index (χ0v) is 13.5. The van der Waals surface area contributed by atoms with Gasteiger partial charge in [-0.25, -0.2) is 0 Å². The predicted octanol–water partition coefficient (Wildman–Crippen LogP) is 0.942.